The lowest BCUT2D eigenvalue weighted by molar-refractivity contribution is 0.292. The maximum atomic E-state index is 9.10. The van der Waals surface area contributed by atoms with Gasteiger partial charge < -0.3 is 0 Å². The Balaban J connectivity index is 3.06. The molecule has 0 aromatic heterocycles. The van der Waals surface area contributed by atoms with Gasteiger partial charge in [-0.05, 0) is 0 Å². The normalized spacial score (nSPS) is 5.86. The number of hydrogen-bond acceptors (Lipinski definition) is 3. The van der Waals surface area contributed by atoms with Crippen molar-refractivity contribution in [3.8, 4) is 12.0 Å². The summed E-state index contributed by atoms with van der Waals surface area (Å²) in [6, 6.07) is 0. The highest BCUT2D eigenvalue weighted by molar-refractivity contribution is 4.88. The fourth-order valence-corrected chi connectivity index (χ4v) is 0.123. The van der Waals surface area contributed by atoms with Gasteiger partial charge in [-0.2, -0.15) is 0 Å². The molecule has 0 aliphatic heterocycles. The maximum absolute atomic E-state index is 9.10. The molecule has 0 aromatic carbocycles. The van der Waals surface area contributed by atoms with Gasteiger partial charge in [0.25, 0.3) is 0 Å². The lowest BCUT2D eigenvalue weighted by Gasteiger charge is -1.67. The van der Waals surface area contributed by atoms with E-state index in [-0.39, 0.29) is 0 Å². The van der Waals surface area contributed by atoms with Gasteiger partial charge in [-0.3, -0.25) is 4.84 Å². The van der Waals surface area contributed by atoms with Crippen molar-refractivity contribution in [3.63, 3.8) is 0 Å². The fourth-order valence-electron chi connectivity index (χ4n) is 0.123. The molecule has 7 heavy (non-hydrogen) atoms. The summed E-state index contributed by atoms with van der Waals surface area (Å²) in [5.41, 5.74) is 0. The summed E-state index contributed by atoms with van der Waals surface area (Å²) in [5.74, 6) is 2.48. The smallest absolute Gasteiger partial charge is 0.170 e. The largest absolute Gasteiger partial charge is 0.268 e. The van der Waals surface area contributed by atoms with Crippen molar-refractivity contribution in [2.24, 2.45) is 5.34 Å². The number of nitrogens with zero attached hydrogens (tertiary/aromatic N) is 1. The topological polar surface area (TPSA) is 38.7 Å². The van der Waals surface area contributed by atoms with Crippen LogP contribution < -0.4 is 0 Å². The molecule has 0 spiro atoms. The Morgan fingerprint density at radius 3 is 3.00 bits per heavy atom. The zero-order valence-electron chi connectivity index (χ0n) is 3.97. The van der Waals surface area contributed by atoms with E-state index in [0.717, 1.165) is 0 Å². The van der Waals surface area contributed by atoms with Crippen LogP contribution in [0.1, 0.15) is 13.3 Å². The van der Waals surface area contributed by atoms with Crippen LogP contribution >= 0.6 is 0 Å². The molecule has 0 atom stereocenters. The van der Waals surface area contributed by atoms with Gasteiger partial charge in [-0.1, -0.05) is 12.8 Å². The van der Waals surface area contributed by atoms with E-state index in [2.05, 4.69) is 16.9 Å². The average molecular weight is 99.1 g/mol. The summed E-state index contributed by atoms with van der Waals surface area (Å²) >= 11 is 0. The summed E-state index contributed by atoms with van der Waals surface area (Å²) in [7, 11) is 0. The minimum Gasteiger partial charge on any atom is -0.268 e. The quantitative estimate of drug-likeness (QED) is 0.280. The van der Waals surface area contributed by atoms with E-state index in [4.69, 9.17) is 4.91 Å². The first-order valence-electron chi connectivity index (χ1n) is 1.88. The maximum Gasteiger partial charge on any atom is 0.170 e. The highest BCUT2D eigenvalue weighted by Crippen LogP contribution is 1.69. The molecule has 0 radical (unpaired) electrons. The van der Waals surface area contributed by atoms with E-state index in [1.807, 2.05) is 12.3 Å². The second kappa shape index (κ2) is 4.96. The third kappa shape index (κ3) is 4.96. The second-order valence-electron chi connectivity index (χ2n) is 0.798. The van der Waals surface area contributed by atoms with Crippen LogP contribution in [-0.2, 0) is 4.84 Å². The summed E-state index contributed by atoms with van der Waals surface area (Å²) in [5, 5.41) is 2.05. The molecule has 0 N–H and O–H groups in total. The zero-order chi connectivity index (χ0) is 5.54. The first kappa shape index (κ1) is 5.96. The molecule has 3 nitrogen and oxygen atoms in total. The van der Waals surface area contributed by atoms with Gasteiger partial charge in [-0.25, -0.2) is 0 Å². The Bertz CT molecular complexity index is 100.0. The predicted molar refractivity (Wildman–Crippen MR) is 24.9 cm³/mol. The summed E-state index contributed by atoms with van der Waals surface area (Å²) in [6.07, 6.45) is 2.73. The lowest BCUT2D eigenvalue weighted by Crippen LogP contribution is -1.60. The van der Waals surface area contributed by atoms with Crippen molar-refractivity contribution in [2.45, 2.75) is 13.3 Å². The Labute approximate surface area is 41.6 Å². The van der Waals surface area contributed by atoms with Crippen molar-refractivity contribution in [2.75, 3.05) is 0 Å². The molecule has 0 aliphatic carbocycles. The first-order valence-corrected chi connectivity index (χ1v) is 1.88. The number of hydrogen-bond donors (Lipinski definition) is 0. The van der Waals surface area contributed by atoms with Crippen molar-refractivity contribution in [1.82, 2.24) is 0 Å². The van der Waals surface area contributed by atoms with E-state index in [0.29, 0.717) is 6.42 Å². The van der Waals surface area contributed by atoms with E-state index in [1.165, 1.54) is 0 Å². The van der Waals surface area contributed by atoms with Gasteiger partial charge >= 0.3 is 0 Å². The molecule has 0 amide bonds. The van der Waals surface area contributed by atoms with Crippen molar-refractivity contribution >= 4 is 0 Å². The summed E-state index contributed by atoms with van der Waals surface area (Å²) in [4.78, 5) is 12.9. The van der Waals surface area contributed by atoms with Crippen LogP contribution in [0.15, 0.2) is 5.34 Å². The molecule has 0 fully saturated rings. The van der Waals surface area contributed by atoms with E-state index in [9.17, 15) is 0 Å². The highest BCUT2D eigenvalue weighted by Gasteiger charge is 1.62. The number of rotatable bonds is 1. The van der Waals surface area contributed by atoms with Gasteiger partial charge in [0.05, 0.1) is 0 Å². The van der Waals surface area contributed by atoms with Crippen LogP contribution in [0.4, 0.5) is 0 Å². The third-order valence-electron chi connectivity index (χ3n) is 0.332. The molecule has 3 heteroatoms. The molecule has 0 aliphatic rings. The Morgan fingerprint density at radius 2 is 2.57 bits per heavy atom. The van der Waals surface area contributed by atoms with Crippen LogP contribution in [-0.4, -0.2) is 0 Å². The third-order valence-corrected chi connectivity index (χ3v) is 0.332. The molecule has 0 aromatic rings. The van der Waals surface area contributed by atoms with E-state index in [1.54, 1.807) is 0 Å². The van der Waals surface area contributed by atoms with E-state index < -0.39 is 0 Å². The Hall–Kier alpha value is -1.04. The SMILES string of the molecule is CCC#CON=O. The highest BCUT2D eigenvalue weighted by atomic mass is 16.7. The Kier molecular flexibility index (Phi) is 4.22. The standard InChI is InChI=1S/C4H5NO2/c1-2-3-4-7-5-6/h2H2,1H3. The van der Waals surface area contributed by atoms with Crippen LogP contribution in [0.5, 0.6) is 0 Å². The van der Waals surface area contributed by atoms with E-state index >= 15 is 0 Å². The van der Waals surface area contributed by atoms with Gasteiger partial charge in [0, 0.05) is 6.42 Å². The molecule has 0 rings (SSSR count). The molecule has 0 saturated carbocycles. The van der Waals surface area contributed by atoms with Gasteiger partial charge in [0.2, 0.25) is 0 Å². The zero-order valence-corrected chi connectivity index (χ0v) is 3.97. The molecule has 0 heterocycles. The second-order valence-corrected chi connectivity index (χ2v) is 0.798. The van der Waals surface area contributed by atoms with Gasteiger partial charge in [0.1, 0.15) is 0 Å². The predicted octanol–water partition coefficient (Wildman–Crippen LogP) is 1.06. The monoisotopic (exact) mass is 99.0 g/mol. The lowest BCUT2D eigenvalue weighted by atomic mass is 10.5. The van der Waals surface area contributed by atoms with Crippen LogP contribution in [0.25, 0.3) is 0 Å². The fraction of sp³-hybridized carbons (Fsp3) is 0.500. The van der Waals surface area contributed by atoms with Crippen LogP contribution in [0, 0.1) is 16.9 Å². The summed E-state index contributed by atoms with van der Waals surface area (Å²) in [6.45, 7) is 1.85. The minimum absolute atomic E-state index is 0.676. The van der Waals surface area contributed by atoms with Crippen LogP contribution in [0.3, 0.4) is 0 Å². The average Bonchev–Trinajstić information content (AvgIpc) is 1.69. The molecule has 0 unspecified atom stereocenters. The van der Waals surface area contributed by atoms with Crippen molar-refractivity contribution < 1.29 is 4.84 Å². The molecular formula is C4H5NO2. The molecule has 0 bridgehead atoms. The summed E-state index contributed by atoms with van der Waals surface area (Å²) < 4.78 is 0. The Morgan fingerprint density at radius 1 is 1.86 bits per heavy atom. The molecule has 38 valence electrons. The first-order chi connectivity index (χ1) is 3.41. The molecular weight excluding hydrogens is 94.0 g/mol. The van der Waals surface area contributed by atoms with Crippen LogP contribution in [0.2, 0.25) is 0 Å². The minimum atomic E-state index is 0.676. The van der Waals surface area contributed by atoms with Crippen molar-refractivity contribution in [1.29, 1.82) is 0 Å². The van der Waals surface area contributed by atoms with Gasteiger partial charge in [-0.15, -0.1) is 4.91 Å². The van der Waals surface area contributed by atoms with Gasteiger partial charge in [0.15, 0.2) is 11.4 Å². The van der Waals surface area contributed by atoms with Crippen molar-refractivity contribution in [3.05, 3.63) is 4.91 Å². The molecule has 0 saturated heterocycles.